The maximum atomic E-state index is 5.49. The Labute approximate surface area is 138 Å². The van der Waals surface area contributed by atoms with Crippen LogP contribution in [0, 0.1) is 0 Å². The number of thiocarbonyl (C=S) groups is 1. The molecule has 0 unspecified atom stereocenters. The van der Waals surface area contributed by atoms with E-state index < -0.39 is 0 Å². The summed E-state index contributed by atoms with van der Waals surface area (Å²) in [6, 6.07) is 2.07. The van der Waals surface area contributed by atoms with Gasteiger partial charge in [0.2, 0.25) is 5.95 Å². The Balaban J connectivity index is 2.36. The molecule has 0 aliphatic carbocycles. The normalized spacial score (nSPS) is 11.1. The molecule has 0 spiro atoms. The van der Waals surface area contributed by atoms with Crippen molar-refractivity contribution in [2.75, 3.05) is 12.4 Å². The van der Waals surface area contributed by atoms with Crippen LogP contribution in [0.3, 0.4) is 0 Å². The van der Waals surface area contributed by atoms with Crippen molar-refractivity contribution in [1.82, 2.24) is 20.0 Å². The zero-order valence-electron chi connectivity index (χ0n) is 12.5. The van der Waals surface area contributed by atoms with Crippen LogP contribution in [0.1, 0.15) is 19.5 Å². The maximum Gasteiger partial charge on any atom is 0.224 e. The van der Waals surface area contributed by atoms with Crippen molar-refractivity contribution in [1.29, 1.82) is 0 Å². The molecule has 0 radical (unpaired) electrons. The van der Waals surface area contributed by atoms with E-state index in [1.54, 1.807) is 25.0 Å². The average molecular weight is 335 g/mol. The molecule has 2 rings (SSSR count). The smallest absolute Gasteiger partial charge is 0.224 e. The number of hydrogen-bond donors (Lipinski definition) is 2. The van der Waals surface area contributed by atoms with Gasteiger partial charge in [0, 0.05) is 19.3 Å². The lowest BCUT2D eigenvalue weighted by molar-refractivity contribution is 0.552. The second kappa shape index (κ2) is 7.23. The summed E-state index contributed by atoms with van der Waals surface area (Å²) in [5.74, 6) is 0.542. The molecule has 0 saturated heterocycles. The third kappa shape index (κ3) is 4.43. The average Bonchev–Trinajstić information content (AvgIpc) is 2.97. The van der Waals surface area contributed by atoms with Crippen LogP contribution in [-0.4, -0.2) is 44.4 Å². The van der Waals surface area contributed by atoms with Crippen molar-refractivity contribution < 1.29 is 0 Å². The van der Waals surface area contributed by atoms with Crippen LogP contribution in [0.2, 0.25) is 0 Å². The molecular weight excluding hydrogens is 318 g/mol. The Kier molecular flexibility index (Phi) is 5.34. The topological polar surface area (TPSA) is 92.3 Å². The van der Waals surface area contributed by atoms with Crippen LogP contribution in [0.5, 0.6) is 0 Å². The summed E-state index contributed by atoms with van der Waals surface area (Å²) < 4.78 is 0. The van der Waals surface area contributed by atoms with E-state index in [1.807, 2.05) is 19.9 Å². The molecule has 2 aromatic heterocycles. The van der Waals surface area contributed by atoms with Crippen LogP contribution < -0.4 is 11.1 Å². The van der Waals surface area contributed by atoms with Crippen LogP contribution >= 0.6 is 23.6 Å². The summed E-state index contributed by atoms with van der Waals surface area (Å²) in [5, 5.41) is 8.93. The first-order valence-electron chi connectivity index (χ1n) is 6.57. The number of nitrogens with two attached hydrogens (primary N) is 1. The van der Waals surface area contributed by atoms with Gasteiger partial charge in [-0.1, -0.05) is 0 Å². The first kappa shape index (κ1) is 16.2. The SMILES string of the molecule is CC(C)Nc1nc(/C=N/N(C)C(N)=S)cc(-c2cncs2)n1. The second-order valence-electron chi connectivity index (χ2n) is 4.77. The van der Waals surface area contributed by atoms with Crippen molar-refractivity contribution >= 4 is 40.8 Å². The van der Waals surface area contributed by atoms with Crippen LogP contribution in [0.4, 0.5) is 5.95 Å². The summed E-state index contributed by atoms with van der Waals surface area (Å²) in [6.45, 7) is 4.05. The molecule has 0 atom stereocenters. The highest BCUT2D eigenvalue weighted by molar-refractivity contribution is 7.80. The molecule has 0 fully saturated rings. The number of aromatic nitrogens is 3. The van der Waals surface area contributed by atoms with Gasteiger partial charge in [-0.3, -0.25) is 4.98 Å². The number of hydrazone groups is 1. The number of rotatable bonds is 5. The zero-order valence-corrected chi connectivity index (χ0v) is 14.1. The number of thiazole rings is 1. The second-order valence-corrected chi connectivity index (χ2v) is 6.08. The maximum absolute atomic E-state index is 5.49. The Hall–Kier alpha value is -2.13. The molecule has 0 aliphatic heterocycles. The molecule has 0 saturated carbocycles. The minimum atomic E-state index is 0.188. The van der Waals surface area contributed by atoms with E-state index in [9.17, 15) is 0 Å². The van der Waals surface area contributed by atoms with Crippen molar-refractivity contribution in [3.63, 3.8) is 0 Å². The van der Waals surface area contributed by atoms with Crippen LogP contribution in [0.25, 0.3) is 10.6 Å². The highest BCUT2D eigenvalue weighted by atomic mass is 32.1. The van der Waals surface area contributed by atoms with E-state index in [2.05, 4.69) is 25.4 Å². The molecule has 22 heavy (non-hydrogen) atoms. The molecule has 3 N–H and O–H groups in total. The molecule has 0 aliphatic rings. The summed E-state index contributed by atoms with van der Waals surface area (Å²) in [6.07, 6.45) is 3.37. The highest BCUT2D eigenvalue weighted by Gasteiger charge is 2.08. The van der Waals surface area contributed by atoms with Gasteiger partial charge in [0.15, 0.2) is 5.11 Å². The van der Waals surface area contributed by atoms with Gasteiger partial charge in [-0.2, -0.15) is 5.10 Å². The zero-order chi connectivity index (χ0) is 16.1. The van der Waals surface area contributed by atoms with Gasteiger partial charge in [0.1, 0.15) is 0 Å². The lowest BCUT2D eigenvalue weighted by atomic mass is 10.3. The lowest BCUT2D eigenvalue weighted by Gasteiger charge is -2.11. The third-order valence-electron chi connectivity index (χ3n) is 2.53. The Morgan fingerprint density at radius 3 is 2.86 bits per heavy atom. The summed E-state index contributed by atoms with van der Waals surface area (Å²) in [5.41, 5.74) is 8.71. The monoisotopic (exact) mass is 335 g/mol. The Morgan fingerprint density at radius 2 is 2.27 bits per heavy atom. The first-order chi connectivity index (χ1) is 10.5. The van der Waals surface area contributed by atoms with Gasteiger partial charge in [-0.25, -0.2) is 15.0 Å². The van der Waals surface area contributed by atoms with Gasteiger partial charge in [0.25, 0.3) is 0 Å². The first-order valence-corrected chi connectivity index (χ1v) is 7.86. The molecule has 7 nitrogen and oxygen atoms in total. The molecule has 2 aromatic rings. The highest BCUT2D eigenvalue weighted by Crippen LogP contribution is 2.22. The minimum absolute atomic E-state index is 0.188. The minimum Gasteiger partial charge on any atom is -0.375 e. The predicted molar refractivity (Wildman–Crippen MR) is 94.0 cm³/mol. The summed E-state index contributed by atoms with van der Waals surface area (Å²) >= 11 is 6.36. The fourth-order valence-electron chi connectivity index (χ4n) is 1.53. The van der Waals surface area contributed by atoms with E-state index in [1.165, 1.54) is 16.3 Å². The number of nitrogens with one attached hydrogen (secondary N) is 1. The fourth-order valence-corrected chi connectivity index (χ4v) is 2.16. The number of anilines is 1. The van der Waals surface area contributed by atoms with Crippen molar-refractivity contribution in [2.24, 2.45) is 10.8 Å². The quantitative estimate of drug-likeness (QED) is 0.490. The van der Waals surface area contributed by atoms with E-state index in [0.29, 0.717) is 11.6 Å². The van der Waals surface area contributed by atoms with Gasteiger partial charge >= 0.3 is 0 Å². The van der Waals surface area contributed by atoms with Crippen molar-refractivity contribution in [3.8, 4) is 10.6 Å². The van der Waals surface area contributed by atoms with E-state index in [4.69, 9.17) is 18.0 Å². The van der Waals surface area contributed by atoms with Gasteiger partial charge in [-0.15, -0.1) is 11.3 Å². The van der Waals surface area contributed by atoms with Crippen molar-refractivity contribution in [3.05, 3.63) is 23.5 Å². The Bertz CT molecular complexity index is 667. The van der Waals surface area contributed by atoms with E-state index in [-0.39, 0.29) is 11.2 Å². The standard InChI is InChI=1S/C13H17N7S2/c1-8(2)17-13-18-9(5-16-20(3)12(14)21)4-10(19-13)11-6-15-7-22-11/h4-8H,1-3H3,(H2,14,21)(H,17,18,19)/b16-5+. The van der Waals surface area contributed by atoms with Gasteiger partial charge in [0.05, 0.1) is 28.0 Å². The van der Waals surface area contributed by atoms with Gasteiger partial charge in [-0.05, 0) is 32.1 Å². The fraction of sp³-hybridized carbons (Fsp3) is 0.308. The molecule has 9 heteroatoms. The molecule has 2 heterocycles. The predicted octanol–water partition coefficient (Wildman–Crippen LogP) is 1.93. The molecule has 0 aromatic carbocycles. The third-order valence-corrected chi connectivity index (χ3v) is 3.59. The molecule has 0 amide bonds. The largest absolute Gasteiger partial charge is 0.375 e. The number of nitrogens with zero attached hydrogens (tertiary/aromatic N) is 5. The van der Waals surface area contributed by atoms with Crippen LogP contribution in [0.15, 0.2) is 22.9 Å². The molecule has 116 valence electrons. The Morgan fingerprint density at radius 1 is 1.50 bits per heavy atom. The summed E-state index contributed by atoms with van der Waals surface area (Å²) in [7, 11) is 1.68. The van der Waals surface area contributed by atoms with Crippen LogP contribution in [-0.2, 0) is 0 Å². The van der Waals surface area contributed by atoms with E-state index in [0.717, 1.165) is 10.6 Å². The van der Waals surface area contributed by atoms with E-state index >= 15 is 0 Å². The van der Waals surface area contributed by atoms with Gasteiger partial charge < -0.3 is 11.1 Å². The van der Waals surface area contributed by atoms with Crippen molar-refractivity contribution in [2.45, 2.75) is 19.9 Å². The molecule has 0 bridgehead atoms. The molecular formula is C13H17N7S2. The lowest BCUT2D eigenvalue weighted by Crippen LogP contribution is -2.27. The number of hydrogen-bond acceptors (Lipinski definition) is 7. The summed E-state index contributed by atoms with van der Waals surface area (Å²) in [4.78, 5) is 14.0.